The molecule has 0 unspecified atom stereocenters. The minimum absolute atomic E-state index is 0.172. The lowest BCUT2D eigenvalue weighted by Crippen LogP contribution is -2.46. The lowest BCUT2D eigenvalue weighted by molar-refractivity contribution is 0.104. The predicted molar refractivity (Wildman–Crippen MR) is 102 cm³/mol. The number of ketones is 1. The van der Waals surface area contributed by atoms with E-state index in [4.69, 9.17) is 0 Å². The summed E-state index contributed by atoms with van der Waals surface area (Å²) < 4.78 is 14.5. The van der Waals surface area contributed by atoms with Crippen molar-refractivity contribution in [3.8, 4) is 5.75 Å². The zero-order chi connectivity index (χ0) is 18.5. The number of rotatable bonds is 5. The van der Waals surface area contributed by atoms with E-state index < -0.39 is 0 Å². The molecule has 26 heavy (non-hydrogen) atoms. The predicted octanol–water partition coefficient (Wildman–Crippen LogP) is 3.57. The molecule has 2 aromatic rings. The van der Waals surface area contributed by atoms with Gasteiger partial charge in [0.15, 0.2) is 5.78 Å². The van der Waals surface area contributed by atoms with E-state index in [1.165, 1.54) is 12.1 Å². The number of phenols is 1. The van der Waals surface area contributed by atoms with Crippen molar-refractivity contribution in [2.24, 2.45) is 0 Å². The van der Waals surface area contributed by atoms with E-state index in [9.17, 15) is 14.3 Å². The minimum Gasteiger partial charge on any atom is -0.508 e. The Morgan fingerprint density at radius 1 is 1.12 bits per heavy atom. The Labute approximate surface area is 153 Å². The third kappa shape index (κ3) is 4.29. The number of allylic oxidation sites excluding steroid dienone is 1. The summed E-state index contributed by atoms with van der Waals surface area (Å²) in [6.07, 6.45) is 3.07. The van der Waals surface area contributed by atoms with Gasteiger partial charge in [0, 0.05) is 31.7 Å². The van der Waals surface area contributed by atoms with Crippen LogP contribution in [0.1, 0.15) is 22.8 Å². The molecule has 0 saturated carbocycles. The molecule has 2 aromatic carbocycles. The van der Waals surface area contributed by atoms with Crippen molar-refractivity contribution in [3.63, 3.8) is 0 Å². The first-order valence-corrected chi connectivity index (χ1v) is 8.85. The molecule has 4 nitrogen and oxygen atoms in total. The molecular formula is C21H23FN2O2. The van der Waals surface area contributed by atoms with Crippen LogP contribution in [0, 0.1) is 5.82 Å². The number of piperazine rings is 1. The highest BCUT2D eigenvalue weighted by Crippen LogP contribution is 2.22. The summed E-state index contributed by atoms with van der Waals surface area (Å²) in [5, 5.41) is 9.27. The van der Waals surface area contributed by atoms with Gasteiger partial charge in [0.25, 0.3) is 0 Å². The first kappa shape index (κ1) is 18.1. The molecule has 1 heterocycles. The van der Waals surface area contributed by atoms with Gasteiger partial charge in [0.05, 0.1) is 5.69 Å². The second-order valence-corrected chi connectivity index (χ2v) is 6.38. The summed E-state index contributed by atoms with van der Waals surface area (Å²) in [5.41, 5.74) is 1.68. The van der Waals surface area contributed by atoms with E-state index in [-0.39, 0.29) is 17.3 Å². The molecule has 1 fully saturated rings. The fourth-order valence-corrected chi connectivity index (χ4v) is 3.08. The number of aromatic hydroxyl groups is 1. The Balaban J connectivity index is 1.68. The minimum atomic E-state index is -0.362. The molecular weight excluding hydrogens is 331 g/mol. The smallest absolute Gasteiger partial charge is 0.185 e. The van der Waals surface area contributed by atoms with Crippen LogP contribution in [0.15, 0.2) is 48.5 Å². The number of halogens is 1. The van der Waals surface area contributed by atoms with Gasteiger partial charge in [-0.25, -0.2) is 4.39 Å². The summed E-state index contributed by atoms with van der Waals surface area (Å²) in [7, 11) is 0. The van der Waals surface area contributed by atoms with Crippen LogP contribution in [-0.4, -0.2) is 48.5 Å². The molecule has 1 aliphatic heterocycles. The number of benzene rings is 2. The van der Waals surface area contributed by atoms with Gasteiger partial charge >= 0.3 is 0 Å². The van der Waals surface area contributed by atoms with Crippen LogP contribution in [0.4, 0.5) is 10.1 Å². The Kier molecular flexibility index (Phi) is 5.68. The summed E-state index contributed by atoms with van der Waals surface area (Å²) in [5.74, 6) is -0.441. The molecule has 0 atom stereocenters. The van der Waals surface area contributed by atoms with Gasteiger partial charge in [-0.05, 0) is 48.5 Å². The molecule has 0 aromatic heterocycles. The maximum Gasteiger partial charge on any atom is 0.185 e. The van der Waals surface area contributed by atoms with Crippen molar-refractivity contribution in [3.05, 3.63) is 65.5 Å². The van der Waals surface area contributed by atoms with Gasteiger partial charge in [-0.2, -0.15) is 0 Å². The number of phenolic OH excluding ortho intramolecular Hbond substituents is 1. The maximum atomic E-state index is 14.5. The average Bonchev–Trinajstić information content (AvgIpc) is 2.67. The lowest BCUT2D eigenvalue weighted by Gasteiger charge is -2.35. The Hall–Kier alpha value is -2.66. The topological polar surface area (TPSA) is 43.8 Å². The molecule has 5 heteroatoms. The van der Waals surface area contributed by atoms with E-state index >= 15 is 0 Å². The van der Waals surface area contributed by atoms with E-state index in [0.717, 1.165) is 38.3 Å². The molecule has 1 aliphatic rings. The SMILES string of the molecule is CCN1CCN(c2ccc(C(=O)C=Cc3ccc(O)cc3)cc2F)CC1. The highest BCUT2D eigenvalue weighted by Gasteiger charge is 2.19. The number of nitrogens with zero attached hydrogens (tertiary/aromatic N) is 2. The standard InChI is InChI=1S/C21H23FN2O2/c1-2-23-11-13-24(14-12-23)20-9-6-17(15-19(20)22)21(26)10-5-16-3-7-18(25)8-4-16/h3-10,15,25H,2,11-14H2,1H3. The third-order valence-corrected chi connectivity index (χ3v) is 4.71. The van der Waals surface area contributed by atoms with Crippen LogP contribution < -0.4 is 4.90 Å². The van der Waals surface area contributed by atoms with Crippen LogP contribution in [0.2, 0.25) is 0 Å². The second-order valence-electron chi connectivity index (χ2n) is 6.38. The average molecular weight is 354 g/mol. The highest BCUT2D eigenvalue weighted by atomic mass is 19.1. The van der Waals surface area contributed by atoms with Crippen molar-refractivity contribution in [2.75, 3.05) is 37.6 Å². The van der Waals surface area contributed by atoms with E-state index in [1.54, 1.807) is 42.5 Å². The quantitative estimate of drug-likeness (QED) is 0.659. The Bertz CT molecular complexity index is 794. The largest absolute Gasteiger partial charge is 0.508 e. The molecule has 0 radical (unpaired) electrons. The summed E-state index contributed by atoms with van der Waals surface area (Å²) in [6.45, 7) is 6.56. The first-order valence-electron chi connectivity index (χ1n) is 8.85. The number of anilines is 1. The molecule has 1 saturated heterocycles. The number of carbonyl (C=O) groups excluding carboxylic acids is 1. The number of carbonyl (C=O) groups is 1. The van der Waals surface area contributed by atoms with Crippen LogP contribution in [0.3, 0.4) is 0 Å². The highest BCUT2D eigenvalue weighted by molar-refractivity contribution is 6.07. The van der Waals surface area contributed by atoms with Crippen molar-refractivity contribution < 1.29 is 14.3 Å². The third-order valence-electron chi connectivity index (χ3n) is 4.71. The monoisotopic (exact) mass is 354 g/mol. The normalized spacial score (nSPS) is 15.5. The van der Waals surface area contributed by atoms with Gasteiger partial charge in [0.1, 0.15) is 11.6 Å². The second kappa shape index (κ2) is 8.15. The van der Waals surface area contributed by atoms with Gasteiger partial charge in [-0.1, -0.05) is 25.1 Å². The van der Waals surface area contributed by atoms with Crippen molar-refractivity contribution in [2.45, 2.75) is 6.92 Å². The Morgan fingerprint density at radius 3 is 2.42 bits per heavy atom. The van der Waals surface area contributed by atoms with Crippen molar-refractivity contribution in [1.82, 2.24) is 4.90 Å². The number of hydrogen-bond acceptors (Lipinski definition) is 4. The molecule has 0 spiro atoms. The molecule has 0 amide bonds. The zero-order valence-corrected chi connectivity index (χ0v) is 14.9. The summed E-state index contributed by atoms with van der Waals surface area (Å²) in [4.78, 5) is 16.6. The zero-order valence-electron chi connectivity index (χ0n) is 14.9. The molecule has 0 aliphatic carbocycles. The Morgan fingerprint density at radius 2 is 1.81 bits per heavy atom. The van der Waals surface area contributed by atoms with E-state index in [1.807, 2.05) is 4.90 Å². The van der Waals surface area contributed by atoms with Crippen LogP contribution >= 0.6 is 0 Å². The van der Waals surface area contributed by atoms with Gasteiger partial charge in [-0.15, -0.1) is 0 Å². The fraction of sp³-hybridized carbons (Fsp3) is 0.286. The number of hydrogen-bond donors (Lipinski definition) is 1. The van der Waals surface area contributed by atoms with Crippen molar-refractivity contribution in [1.29, 1.82) is 0 Å². The van der Waals surface area contributed by atoms with Crippen LogP contribution in [0.5, 0.6) is 5.75 Å². The molecule has 1 N–H and O–H groups in total. The van der Waals surface area contributed by atoms with Gasteiger partial charge in [0.2, 0.25) is 0 Å². The van der Waals surface area contributed by atoms with Gasteiger partial charge in [-0.3, -0.25) is 4.79 Å². The van der Waals surface area contributed by atoms with Crippen LogP contribution in [-0.2, 0) is 0 Å². The van der Waals surface area contributed by atoms with Gasteiger partial charge < -0.3 is 14.9 Å². The first-order chi connectivity index (χ1) is 12.6. The molecule has 3 rings (SSSR count). The lowest BCUT2D eigenvalue weighted by atomic mass is 10.1. The van der Waals surface area contributed by atoms with Crippen LogP contribution in [0.25, 0.3) is 6.08 Å². The summed E-state index contributed by atoms with van der Waals surface area (Å²) >= 11 is 0. The fourth-order valence-electron chi connectivity index (χ4n) is 3.08. The van der Waals surface area contributed by atoms with Crippen molar-refractivity contribution >= 4 is 17.5 Å². The molecule has 136 valence electrons. The summed E-state index contributed by atoms with van der Waals surface area (Å²) in [6, 6.07) is 11.2. The number of likely N-dealkylation sites (N-methyl/N-ethyl adjacent to an activating group) is 1. The van der Waals surface area contributed by atoms with E-state index in [0.29, 0.717) is 11.3 Å². The van der Waals surface area contributed by atoms with E-state index in [2.05, 4.69) is 11.8 Å². The maximum absolute atomic E-state index is 14.5. The molecule has 0 bridgehead atoms.